The molecule has 2 aromatic carbocycles. The number of benzene rings is 2. The molecule has 0 aromatic heterocycles. The molecule has 1 aliphatic rings. The number of anilines is 3. The number of rotatable bonds is 0. The summed E-state index contributed by atoms with van der Waals surface area (Å²) in [4.78, 5) is 12.0. The molecular formula is C14H9N3O. The molecule has 0 bridgehead atoms. The second-order valence-corrected chi connectivity index (χ2v) is 3.96. The second kappa shape index (κ2) is 3.90. The minimum atomic E-state index is -0.174. The van der Waals surface area contributed by atoms with Crippen molar-refractivity contribution in [2.45, 2.75) is 0 Å². The van der Waals surface area contributed by atoms with Crippen LogP contribution in [0.2, 0.25) is 0 Å². The van der Waals surface area contributed by atoms with Gasteiger partial charge in [0.15, 0.2) is 0 Å². The fraction of sp³-hybridized carbons (Fsp3) is 0. The van der Waals surface area contributed by atoms with Gasteiger partial charge >= 0.3 is 0 Å². The van der Waals surface area contributed by atoms with E-state index in [2.05, 4.69) is 16.7 Å². The molecule has 2 aromatic rings. The van der Waals surface area contributed by atoms with Crippen molar-refractivity contribution in [2.24, 2.45) is 0 Å². The number of hydrogen-bond donors (Lipinski definition) is 2. The van der Waals surface area contributed by atoms with Crippen molar-refractivity contribution in [3.05, 3.63) is 53.6 Å². The Morgan fingerprint density at radius 1 is 0.944 bits per heavy atom. The van der Waals surface area contributed by atoms with Gasteiger partial charge < -0.3 is 10.6 Å². The molecule has 0 aliphatic carbocycles. The van der Waals surface area contributed by atoms with E-state index < -0.39 is 0 Å². The van der Waals surface area contributed by atoms with Crippen molar-refractivity contribution in [2.75, 3.05) is 10.6 Å². The van der Waals surface area contributed by atoms with Crippen LogP contribution >= 0.6 is 0 Å². The average Bonchev–Trinajstić information content (AvgIpc) is 2.54. The highest BCUT2D eigenvalue weighted by atomic mass is 16.1. The maximum absolute atomic E-state index is 12.0. The summed E-state index contributed by atoms with van der Waals surface area (Å²) >= 11 is 0. The zero-order chi connectivity index (χ0) is 12.5. The predicted molar refractivity (Wildman–Crippen MR) is 68.8 cm³/mol. The van der Waals surface area contributed by atoms with Gasteiger partial charge in [-0.15, -0.1) is 0 Å². The molecule has 0 atom stereocenters. The van der Waals surface area contributed by atoms with Crippen LogP contribution in [-0.2, 0) is 0 Å². The summed E-state index contributed by atoms with van der Waals surface area (Å²) in [6, 6.07) is 14.6. The Morgan fingerprint density at radius 3 is 2.56 bits per heavy atom. The van der Waals surface area contributed by atoms with Crippen molar-refractivity contribution >= 4 is 23.0 Å². The molecule has 0 saturated carbocycles. The third-order valence-electron chi connectivity index (χ3n) is 2.86. The lowest BCUT2D eigenvalue weighted by atomic mass is 10.1. The summed E-state index contributed by atoms with van der Waals surface area (Å²) in [6.07, 6.45) is 0. The van der Waals surface area contributed by atoms with E-state index in [0.717, 1.165) is 0 Å². The SMILES string of the molecule is N#Cc1cccc2c1Nc1ccccc1C(=O)N2. The standard InChI is InChI=1S/C14H9N3O/c15-8-9-4-3-7-12-13(9)16-11-6-2-1-5-10(11)14(18)17-12/h1-7,16H,(H,17,18). The van der Waals surface area contributed by atoms with Gasteiger partial charge in [0.1, 0.15) is 6.07 Å². The van der Waals surface area contributed by atoms with Gasteiger partial charge in [-0.05, 0) is 24.3 Å². The Kier molecular flexibility index (Phi) is 2.24. The van der Waals surface area contributed by atoms with Crippen LogP contribution in [0.3, 0.4) is 0 Å². The summed E-state index contributed by atoms with van der Waals surface area (Å²) in [5, 5.41) is 15.0. The first-order valence-electron chi connectivity index (χ1n) is 5.50. The Balaban J connectivity index is 2.23. The van der Waals surface area contributed by atoms with E-state index in [1.165, 1.54) is 0 Å². The molecular weight excluding hydrogens is 226 g/mol. The molecule has 0 fully saturated rings. The highest BCUT2D eigenvalue weighted by molar-refractivity contribution is 6.12. The van der Waals surface area contributed by atoms with Crippen LogP contribution in [0.5, 0.6) is 0 Å². The molecule has 4 heteroatoms. The predicted octanol–water partition coefficient (Wildman–Crippen LogP) is 2.87. The molecule has 4 nitrogen and oxygen atoms in total. The van der Waals surface area contributed by atoms with Gasteiger partial charge in [-0.3, -0.25) is 4.79 Å². The van der Waals surface area contributed by atoms with Gasteiger partial charge in [0.2, 0.25) is 0 Å². The van der Waals surface area contributed by atoms with Gasteiger partial charge in [0.05, 0.1) is 28.2 Å². The van der Waals surface area contributed by atoms with E-state index in [1.54, 1.807) is 30.3 Å². The molecule has 2 N–H and O–H groups in total. The number of hydrogen-bond acceptors (Lipinski definition) is 3. The first kappa shape index (κ1) is 10.4. The monoisotopic (exact) mass is 235 g/mol. The number of para-hydroxylation sites is 2. The molecule has 3 rings (SSSR count). The maximum atomic E-state index is 12.0. The normalized spacial score (nSPS) is 12.3. The lowest BCUT2D eigenvalue weighted by Crippen LogP contribution is -2.10. The van der Waals surface area contributed by atoms with Gasteiger partial charge in [0, 0.05) is 0 Å². The first-order valence-corrected chi connectivity index (χ1v) is 5.50. The van der Waals surface area contributed by atoms with E-state index in [9.17, 15) is 4.79 Å². The van der Waals surface area contributed by atoms with E-state index in [0.29, 0.717) is 28.2 Å². The van der Waals surface area contributed by atoms with Crippen LogP contribution in [0, 0.1) is 11.3 Å². The van der Waals surface area contributed by atoms with Crippen LogP contribution in [0.25, 0.3) is 0 Å². The van der Waals surface area contributed by atoms with Crippen LogP contribution in [-0.4, -0.2) is 5.91 Å². The Bertz CT molecular complexity index is 686. The highest BCUT2D eigenvalue weighted by Gasteiger charge is 2.19. The fourth-order valence-corrected chi connectivity index (χ4v) is 2.00. The number of fused-ring (bicyclic) bond motifs is 2. The van der Waals surface area contributed by atoms with E-state index in [-0.39, 0.29) is 5.91 Å². The number of nitrogens with one attached hydrogen (secondary N) is 2. The fourth-order valence-electron chi connectivity index (χ4n) is 2.00. The zero-order valence-corrected chi connectivity index (χ0v) is 9.40. The smallest absolute Gasteiger partial charge is 0.257 e. The van der Waals surface area contributed by atoms with Crippen LogP contribution < -0.4 is 10.6 Å². The number of carbonyl (C=O) groups is 1. The molecule has 1 aliphatic heterocycles. The molecule has 0 saturated heterocycles. The molecule has 1 heterocycles. The molecule has 0 radical (unpaired) electrons. The molecule has 86 valence electrons. The highest BCUT2D eigenvalue weighted by Crippen LogP contribution is 2.33. The molecule has 1 amide bonds. The summed E-state index contributed by atoms with van der Waals surface area (Å²) in [5.74, 6) is -0.174. The van der Waals surface area contributed by atoms with Crippen molar-refractivity contribution in [1.29, 1.82) is 5.26 Å². The van der Waals surface area contributed by atoms with Gasteiger partial charge in [-0.1, -0.05) is 18.2 Å². The third-order valence-corrected chi connectivity index (χ3v) is 2.86. The summed E-state index contributed by atoms with van der Waals surface area (Å²) in [6.45, 7) is 0. The van der Waals surface area contributed by atoms with Crippen molar-refractivity contribution in [3.8, 4) is 6.07 Å². The zero-order valence-electron chi connectivity index (χ0n) is 9.40. The molecule has 0 spiro atoms. The quantitative estimate of drug-likeness (QED) is 0.737. The van der Waals surface area contributed by atoms with Crippen LogP contribution in [0.15, 0.2) is 42.5 Å². The number of amides is 1. The Morgan fingerprint density at radius 2 is 1.72 bits per heavy atom. The number of carbonyl (C=O) groups excluding carboxylic acids is 1. The van der Waals surface area contributed by atoms with Crippen LogP contribution in [0.4, 0.5) is 17.1 Å². The third kappa shape index (κ3) is 1.50. The summed E-state index contributed by atoms with van der Waals surface area (Å²) in [5.41, 5.74) is 3.03. The first-order chi connectivity index (χ1) is 8.79. The topological polar surface area (TPSA) is 64.9 Å². The van der Waals surface area contributed by atoms with E-state index in [1.807, 2.05) is 12.1 Å². The maximum Gasteiger partial charge on any atom is 0.257 e. The summed E-state index contributed by atoms with van der Waals surface area (Å²) < 4.78 is 0. The largest absolute Gasteiger partial charge is 0.352 e. The van der Waals surface area contributed by atoms with Crippen molar-refractivity contribution < 1.29 is 4.79 Å². The van der Waals surface area contributed by atoms with Crippen molar-refractivity contribution in [1.82, 2.24) is 0 Å². The Hall–Kier alpha value is -2.80. The van der Waals surface area contributed by atoms with Gasteiger partial charge in [0.25, 0.3) is 5.91 Å². The molecule has 0 unspecified atom stereocenters. The van der Waals surface area contributed by atoms with E-state index in [4.69, 9.17) is 5.26 Å². The minimum absolute atomic E-state index is 0.174. The molecule has 18 heavy (non-hydrogen) atoms. The van der Waals surface area contributed by atoms with Crippen molar-refractivity contribution in [3.63, 3.8) is 0 Å². The number of nitrogens with zero attached hydrogens (tertiary/aromatic N) is 1. The van der Waals surface area contributed by atoms with Crippen LogP contribution in [0.1, 0.15) is 15.9 Å². The Labute approximate surface area is 104 Å². The van der Waals surface area contributed by atoms with Gasteiger partial charge in [-0.25, -0.2) is 0 Å². The summed E-state index contributed by atoms with van der Waals surface area (Å²) in [7, 11) is 0. The lowest BCUT2D eigenvalue weighted by Gasteiger charge is -2.09. The average molecular weight is 235 g/mol. The minimum Gasteiger partial charge on any atom is -0.352 e. The lowest BCUT2D eigenvalue weighted by molar-refractivity contribution is 0.102. The van der Waals surface area contributed by atoms with E-state index >= 15 is 0 Å². The van der Waals surface area contributed by atoms with Gasteiger partial charge in [-0.2, -0.15) is 5.26 Å². The number of nitriles is 1. The second-order valence-electron chi connectivity index (χ2n) is 3.96.